The van der Waals surface area contributed by atoms with Gasteiger partial charge >= 0.3 is 0 Å². The lowest BCUT2D eigenvalue weighted by Gasteiger charge is -2.06. The molecule has 1 nitrogen and oxygen atoms in total. The van der Waals surface area contributed by atoms with Crippen LogP contribution in [0.4, 0.5) is 0 Å². The fraction of sp³-hybridized carbons (Fsp3) is 0.158. The molecule has 0 heterocycles. The molecule has 0 bridgehead atoms. The Kier molecular flexibility index (Phi) is 4.16. The second kappa shape index (κ2) is 6.23. The van der Waals surface area contributed by atoms with Gasteiger partial charge in [0.05, 0.1) is 0 Å². The predicted molar refractivity (Wildman–Crippen MR) is 92.9 cm³/mol. The summed E-state index contributed by atoms with van der Waals surface area (Å²) in [6.45, 7) is 2.19. The molecule has 2 heteroatoms. The first-order valence-corrected chi connectivity index (χ1v) is 8.31. The van der Waals surface area contributed by atoms with Gasteiger partial charge in [-0.15, -0.1) is 0 Å². The number of hydrogen-bond acceptors (Lipinski definition) is 2. The molecule has 0 saturated heterocycles. The molecule has 3 rings (SSSR count). The van der Waals surface area contributed by atoms with Gasteiger partial charge in [0.25, 0.3) is 0 Å². The van der Waals surface area contributed by atoms with Crippen molar-refractivity contribution in [3.63, 3.8) is 0 Å². The minimum Gasteiger partial charge on any atom is -0.508 e. The van der Waals surface area contributed by atoms with E-state index in [-0.39, 0.29) is 0 Å². The summed E-state index contributed by atoms with van der Waals surface area (Å²) < 4.78 is 0. The van der Waals surface area contributed by atoms with Gasteiger partial charge in [-0.05, 0) is 51.4 Å². The van der Waals surface area contributed by atoms with Crippen LogP contribution in [0.15, 0.2) is 60.7 Å². The van der Waals surface area contributed by atoms with Gasteiger partial charge in [0.15, 0.2) is 0 Å². The van der Waals surface area contributed by atoms with Gasteiger partial charge in [0.2, 0.25) is 0 Å². The molecule has 106 valence electrons. The Labute approximate surface area is 129 Å². The third-order valence-electron chi connectivity index (χ3n) is 3.58. The Hall–Kier alpha value is -1.93. The molecule has 0 radical (unpaired) electrons. The molecule has 0 amide bonds. The van der Waals surface area contributed by atoms with Crippen LogP contribution >= 0.6 is 11.8 Å². The van der Waals surface area contributed by atoms with Crippen molar-refractivity contribution in [2.45, 2.75) is 12.7 Å². The second-order valence-corrected chi connectivity index (χ2v) is 6.35. The molecule has 0 atom stereocenters. The molecule has 21 heavy (non-hydrogen) atoms. The van der Waals surface area contributed by atoms with E-state index >= 15 is 0 Å². The summed E-state index contributed by atoms with van der Waals surface area (Å²) in [4.78, 5) is 0. The number of rotatable bonds is 4. The molecule has 0 fully saturated rings. The molecule has 0 aromatic heterocycles. The number of thioether (sulfide) groups is 1. The molecule has 0 spiro atoms. The van der Waals surface area contributed by atoms with Crippen LogP contribution in [0.3, 0.4) is 0 Å². The summed E-state index contributed by atoms with van der Waals surface area (Å²) in [6, 6.07) is 20.6. The van der Waals surface area contributed by atoms with Crippen molar-refractivity contribution in [3.8, 4) is 16.9 Å². The minimum atomic E-state index is 0.313. The van der Waals surface area contributed by atoms with Crippen molar-refractivity contribution >= 4 is 22.5 Å². The number of benzene rings is 3. The SMILES string of the molecule is CCSCc1ccc(-c2ccc3cc(O)ccc3c2)cc1. The van der Waals surface area contributed by atoms with Gasteiger partial charge in [-0.2, -0.15) is 11.8 Å². The Morgan fingerprint density at radius 3 is 2.24 bits per heavy atom. The first kappa shape index (κ1) is 14.0. The zero-order chi connectivity index (χ0) is 14.7. The monoisotopic (exact) mass is 294 g/mol. The number of hydrogen-bond donors (Lipinski definition) is 1. The topological polar surface area (TPSA) is 20.2 Å². The second-order valence-electron chi connectivity index (χ2n) is 5.08. The highest BCUT2D eigenvalue weighted by molar-refractivity contribution is 7.98. The smallest absolute Gasteiger partial charge is 0.116 e. The molecular formula is C19H18OS. The van der Waals surface area contributed by atoms with Crippen molar-refractivity contribution < 1.29 is 5.11 Å². The Morgan fingerprint density at radius 1 is 0.810 bits per heavy atom. The standard InChI is InChI=1S/C19H18OS/c1-2-21-13-14-3-5-15(6-4-14)16-7-8-18-12-19(20)10-9-17(18)11-16/h3-12,20H,2,13H2,1H3. The lowest BCUT2D eigenvalue weighted by atomic mass is 10.0. The first-order valence-electron chi connectivity index (χ1n) is 7.16. The number of phenols is 1. The predicted octanol–water partition coefficient (Wildman–Crippen LogP) is 5.47. The lowest BCUT2D eigenvalue weighted by molar-refractivity contribution is 0.476. The van der Waals surface area contributed by atoms with Crippen LogP contribution in [0.2, 0.25) is 0 Å². The minimum absolute atomic E-state index is 0.313. The fourth-order valence-corrected chi connectivity index (χ4v) is 3.06. The van der Waals surface area contributed by atoms with E-state index in [1.54, 1.807) is 12.1 Å². The van der Waals surface area contributed by atoms with Crippen LogP contribution in [-0.4, -0.2) is 10.9 Å². The van der Waals surface area contributed by atoms with E-state index in [1.807, 2.05) is 17.8 Å². The van der Waals surface area contributed by atoms with Crippen LogP contribution in [0.1, 0.15) is 12.5 Å². The number of phenolic OH excluding ortho intramolecular Hbond substituents is 1. The van der Waals surface area contributed by atoms with Crippen molar-refractivity contribution in [2.24, 2.45) is 0 Å². The van der Waals surface area contributed by atoms with E-state index in [0.717, 1.165) is 22.3 Å². The average Bonchev–Trinajstić information content (AvgIpc) is 2.53. The fourth-order valence-electron chi connectivity index (χ4n) is 2.43. The van der Waals surface area contributed by atoms with Crippen molar-refractivity contribution in [1.29, 1.82) is 0 Å². The molecule has 0 aliphatic heterocycles. The van der Waals surface area contributed by atoms with Gasteiger partial charge in [-0.1, -0.05) is 49.4 Å². The summed E-state index contributed by atoms with van der Waals surface area (Å²) in [5.41, 5.74) is 3.81. The highest BCUT2D eigenvalue weighted by atomic mass is 32.2. The summed E-state index contributed by atoms with van der Waals surface area (Å²) >= 11 is 1.94. The maximum Gasteiger partial charge on any atom is 0.116 e. The van der Waals surface area contributed by atoms with Gasteiger partial charge in [0, 0.05) is 5.75 Å². The molecule has 0 aliphatic rings. The molecule has 1 N–H and O–H groups in total. The van der Waals surface area contributed by atoms with Crippen LogP contribution in [0.25, 0.3) is 21.9 Å². The number of aromatic hydroxyl groups is 1. The molecule has 0 aliphatic carbocycles. The summed E-state index contributed by atoms with van der Waals surface area (Å²) in [6.07, 6.45) is 0. The van der Waals surface area contributed by atoms with Crippen LogP contribution in [0.5, 0.6) is 5.75 Å². The van der Waals surface area contributed by atoms with E-state index in [0.29, 0.717) is 5.75 Å². The van der Waals surface area contributed by atoms with Crippen LogP contribution < -0.4 is 0 Å². The highest BCUT2D eigenvalue weighted by Crippen LogP contribution is 2.27. The maximum absolute atomic E-state index is 9.52. The van der Waals surface area contributed by atoms with E-state index < -0.39 is 0 Å². The zero-order valence-electron chi connectivity index (χ0n) is 12.0. The van der Waals surface area contributed by atoms with Gasteiger partial charge < -0.3 is 5.11 Å². The van der Waals surface area contributed by atoms with Crippen LogP contribution in [-0.2, 0) is 5.75 Å². The average molecular weight is 294 g/mol. The van der Waals surface area contributed by atoms with E-state index in [1.165, 1.54) is 16.7 Å². The summed E-state index contributed by atoms with van der Waals surface area (Å²) in [5.74, 6) is 2.54. The van der Waals surface area contributed by atoms with Crippen molar-refractivity contribution in [2.75, 3.05) is 5.75 Å². The van der Waals surface area contributed by atoms with Gasteiger partial charge in [0.1, 0.15) is 5.75 Å². The van der Waals surface area contributed by atoms with E-state index in [2.05, 4.69) is 49.4 Å². The largest absolute Gasteiger partial charge is 0.508 e. The maximum atomic E-state index is 9.52. The summed E-state index contributed by atoms with van der Waals surface area (Å²) in [5, 5.41) is 11.7. The van der Waals surface area contributed by atoms with Crippen LogP contribution in [0, 0.1) is 0 Å². The Bertz CT molecular complexity index is 747. The van der Waals surface area contributed by atoms with Crippen molar-refractivity contribution in [1.82, 2.24) is 0 Å². The summed E-state index contributed by atoms with van der Waals surface area (Å²) in [7, 11) is 0. The molecule has 0 saturated carbocycles. The van der Waals surface area contributed by atoms with E-state index in [4.69, 9.17) is 0 Å². The highest BCUT2D eigenvalue weighted by Gasteiger charge is 2.01. The van der Waals surface area contributed by atoms with Crippen molar-refractivity contribution in [3.05, 3.63) is 66.2 Å². The van der Waals surface area contributed by atoms with Gasteiger partial charge in [-0.25, -0.2) is 0 Å². The molecular weight excluding hydrogens is 276 g/mol. The quantitative estimate of drug-likeness (QED) is 0.689. The third-order valence-corrected chi connectivity index (χ3v) is 4.53. The Balaban J connectivity index is 1.91. The molecule has 3 aromatic carbocycles. The van der Waals surface area contributed by atoms with E-state index in [9.17, 15) is 5.11 Å². The first-order chi connectivity index (χ1) is 10.3. The Morgan fingerprint density at radius 2 is 1.48 bits per heavy atom. The molecule has 0 unspecified atom stereocenters. The molecule has 3 aromatic rings. The zero-order valence-corrected chi connectivity index (χ0v) is 12.9. The van der Waals surface area contributed by atoms with Gasteiger partial charge in [-0.3, -0.25) is 0 Å². The lowest BCUT2D eigenvalue weighted by Crippen LogP contribution is -1.83. The number of fused-ring (bicyclic) bond motifs is 1. The third kappa shape index (κ3) is 3.22. The normalized spacial score (nSPS) is 10.9.